The zero-order valence-corrected chi connectivity index (χ0v) is 15.1. The summed E-state index contributed by atoms with van der Waals surface area (Å²) in [5.74, 6) is 0. The number of rotatable bonds is 5. The van der Waals surface area contributed by atoms with Crippen LogP contribution in [-0.2, 0) is 18.9 Å². The molecule has 114 valence electrons. The maximum atomic E-state index is 9.93. The summed E-state index contributed by atoms with van der Waals surface area (Å²) in [5, 5.41) is 24.2. The van der Waals surface area contributed by atoms with E-state index in [0.717, 1.165) is 25.9 Å². The number of aryl methyl sites for hydroxylation is 2. The molecule has 0 atom stereocenters. The topological polar surface area (TPSA) is 58.3 Å². The molecule has 0 unspecified atom stereocenters. The van der Waals surface area contributed by atoms with Crippen molar-refractivity contribution in [2.75, 3.05) is 13.2 Å². The van der Waals surface area contributed by atoms with Crippen LogP contribution in [0.5, 0.6) is 0 Å². The normalized spacial score (nSPS) is 11.9. The average molecular weight is 418 g/mol. The summed E-state index contributed by atoms with van der Waals surface area (Å²) in [6.45, 7) is 1.65. The third kappa shape index (κ3) is 3.23. The summed E-state index contributed by atoms with van der Waals surface area (Å²) < 4.78 is 3.68. The first-order valence-electron chi connectivity index (χ1n) is 6.59. The second-order valence-electron chi connectivity index (χ2n) is 5.25. The van der Waals surface area contributed by atoms with Crippen molar-refractivity contribution in [3.8, 4) is 0 Å². The van der Waals surface area contributed by atoms with Gasteiger partial charge in [0.15, 0.2) is 0 Å². The Bertz CT molecular complexity index is 619. The van der Waals surface area contributed by atoms with E-state index in [4.69, 9.17) is 0 Å². The Balaban J connectivity index is 2.45. The number of aromatic nitrogens is 2. The van der Waals surface area contributed by atoms with Crippen LogP contribution in [0.3, 0.4) is 0 Å². The first-order chi connectivity index (χ1) is 9.93. The molecule has 0 aliphatic heterocycles. The fourth-order valence-corrected chi connectivity index (χ4v) is 3.18. The maximum Gasteiger partial charge on any atom is 0.0738 e. The largest absolute Gasteiger partial charge is 0.395 e. The molecule has 1 heterocycles. The van der Waals surface area contributed by atoms with Crippen molar-refractivity contribution in [2.45, 2.75) is 18.8 Å². The Kier molecular flexibility index (Phi) is 5.24. The van der Waals surface area contributed by atoms with Gasteiger partial charge in [0, 0.05) is 23.4 Å². The molecule has 0 amide bonds. The smallest absolute Gasteiger partial charge is 0.0738 e. The second-order valence-corrected chi connectivity index (χ2v) is 6.96. The molecule has 2 N–H and O–H groups in total. The zero-order chi connectivity index (χ0) is 15.6. The third-order valence-corrected chi connectivity index (χ3v) is 5.39. The van der Waals surface area contributed by atoms with Gasteiger partial charge in [0.25, 0.3) is 0 Å². The fourth-order valence-electron chi connectivity index (χ4n) is 2.44. The Hall–Kier alpha value is -0.690. The van der Waals surface area contributed by atoms with Crippen molar-refractivity contribution in [1.29, 1.82) is 0 Å². The summed E-state index contributed by atoms with van der Waals surface area (Å²) >= 11 is 6.94. The van der Waals surface area contributed by atoms with Crippen LogP contribution in [0.2, 0.25) is 0 Å². The predicted octanol–water partition coefficient (Wildman–Crippen LogP) is 2.72. The molecule has 0 bridgehead atoms. The van der Waals surface area contributed by atoms with Gasteiger partial charge in [0.2, 0.25) is 0 Å². The lowest BCUT2D eigenvalue weighted by molar-refractivity contribution is 0.114. The molecular formula is C15H18Br2N2O2. The van der Waals surface area contributed by atoms with Gasteiger partial charge in [-0.25, -0.2) is 0 Å². The highest BCUT2D eigenvalue weighted by Gasteiger charge is 2.33. The monoisotopic (exact) mass is 416 g/mol. The summed E-state index contributed by atoms with van der Waals surface area (Å²) in [6.07, 6.45) is 0.500. The van der Waals surface area contributed by atoms with Crippen molar-refractivity contribution < 1.29 is 10.2 Å². The molecule has 21 heavy (non-hydrogen) atoms. The summed E-state index contributed by atoms with van der Waals surface area (Å²) in [7, 11) is 1.87. The summed E-state index contributed by atoms with van der Waals surface area (Å²) in [5.41, 5.74) is 2.02. The van der Waals surface area contributed by atoms with E-state index < -0.39 is 5.41 Å². The Labute approximate surface area is 141 Å². The molecule has 0 radical (unpaired) electrons. The zero-order valence-electron chi connectivity index (χ0n) is 12.0. The highest BCUT2D eigenvalue weighted by Crippen LogP contribution is 2.32. The van der Waals surface area contributed by atoms with Gasteiger partial charge in [-0.1, -0.05) is 28.1 Å². The molecule has 2 aromatic rings. The van der Waals surface area contributed by atoms with Crippen LogP contribution < -0.4 is 0 Å². The number of halogens is 2. The van der Waals surface area contributed by atoms with Gasteiger partial charge in [-0.05, 0) is 40.5 Å². The molecule has 0 saturated heterocycles. The van der Waals surface area contributed by atoms with Crippen LogP contribution in [0.15, 0.2) is 33.2 Å². The number of aliphatic hydroxyl groups is 2. The molecule has 0 aliphatic carbocycles. The van der Waals surface area contributed by atoms with Crippen molar-refractivity contribution in [3.63, 3.8) is 0 Å². The Morgan fingerprint density at radius 3 is 2.14 bits per heavy atom. The van der Waals surface area contributed by atoms with E-state index in [9.17, 15) is 10.2 Å². The standard InChI is InChI=1S/C15H18Br2N2O2/c1-10-14(17)13(19(2)18-10)7-15(8-20,9-21)11-3-5-12(16)6-4-11/h3-6,20-21H,7-9H2,1-2H3. The third-order valence-electron chi connectivity index (χ3n) is 3.83. The van der Waals surface area contributed by atoms with Crippen LogP contribution in [0, 0.1) is 6.92 Å². The minimum atomic E-state index is -0.733. The number of aliphatic hydroxyl groups excluding tert-OH is 2. The van der Waals surface area contributed by atoms with E-state index in [-0.39, 0.29) is 13.2 Å². The van der Waals surface area contributed by atoms with E-state index in [1.807, 2.05) is 38.2 Å². The number of benzene rings is 1. The van der Waals surface area contributed by atoms with Gasteiger partial charge >= 0.3 is 0 Å². The Morgan fingerprint density at radius 2 is 1.71 bits per heavy atom. The lowest BCUT2D eigenvalue weighted by Crippen LogP contribution is -2.38. The molecular weight excluding hydrogens is 400 g/mol. The Morgan fingerprint density at radius 1 is 1.14 bits per heavy atom. The molecule has 1 aromatic heterocycles. The lowest BCUT2D eigenvalue weighted by Gasteiger charge is -2.30. The molecule has 6 heteroatoms. The van der Waals surface area contributed by atoms with Crippen LogP contribution in [0.4, 0.5) is 0 Å². The molecule has 4 nitrogen and oxygen atoms in total. The SMILES string of the molecule is Cc1nn(C)c(CC(CO)(CO)c2ccc(Br)cc2)c1Br. The quantitative estimate of drug-likeness (QED) is 0.786. The van der Waals surface area contributed by atoms with Gasteiger partial charge in [-0.2, -0.15) is 5.10 Å². The van der Waals surface area contributed by atoms with Crippen molar-refractivity contribution in [1.82, 2.24) is 9.78 Å². The van der Waals surface area contributed by atoms with Gasteiger partial charge in [0.1, 0.15) is 0 Å². The van der Waals surface area contributed by atoms with Crippen molar-refractivity contribution in [3.05, 3.63) is 50.2 Å². The molecule has 0 aliphatic rings. The van der Waals surface area contributed by atoms with Crippen LogP contribution >= 0.6 is 31.9 Å². The second kappa shape index (κ2) is 6.60. The first-order valence-corrected chi connectivity index (χ1v) is 8.18. The van der Waals surface area contributed by atoms with Crippen LogP contribution in [-0.4, -0.2) is 33.2 Å². The molecule has 0 saturated carbocycles. The highest BCUT2D eigenvalue weighted by molar-refractivity contribution is 9.10. The first kappa shape index (κ1) is 16.7. The minimum Gasteiger partial charge on any atom is -0.395 e. The maximum absolute atomic E-state index is 9.93. The van der Waals surface area contributed by atoms with Gasteiger partial charge < -0.3 is 10.2 Å². The van der Waals surface area contributed by atoms with Crippen LogP contribution in [0.1, 0.15) is 17.0 Å². The molecule has 2 rings (SSSR count). The van der Waals surface area contributed by atoms with Crippen LogP contribution in [0.25, 0.3) is 0 Å². The average Bonchev–Trinajstić information content (AvgIpc) is 2.72. The van der Waals surface area contributed by atoms with Crippen molar-refractivity contribution in [2.24, 2.45) is 7.05 Å². The summed E-state index contributed by atoms with van der Waals surface area (Å²) in [6, 6.07) is 7.68. The van der Waals surface area contributed by atoms with E-state index in [1.165, 1.54) is 0 Å². The number of nitrogens with zero attached hydrogens (tertiary/aromatic N) is 2. The van der Waals surface area contributed by atoms with E-state index in [0.29, 0.717) is 6.42 Å². The van der Waals surface area contributed by atoms with Crippen molar-refractivity contribution >= 4 is 31.9 Å². The molecule has 0 fully saturated rings. The van der Waals surface area contributed by atoms with Gasteiger partial charge in [-0.15, -0.1) is 0 Å². The lowest BCUT2D eigenvalue weighted by atomic mass is 9.78. The van der Waals surface area contributed by atoms with Gasteiger partial charge in [0.05, 0.1) is 29.1 Å². The van der Waals surface area contributed by atoms with Gasteiger partial charge in [-0.3, -0.25) is 4.68 Å². The van der Waals surface area contributed by atoms with E-state index in [1.54, 1.807) is 4.68 Å². The van der Waals surface area contributed by atoms with E-state index >= 15 is 0 Å². The molecule has 1 aromatic carbocycles. The fraction of sp³-hybridized carbons (Fsp3) is 0.400. The number of hydrogen-bond donors (Lipinski definition) is 2. The number of hydrogen-bond acceptors (Lipinski definition) is 3. The summed E-state index contributed by atoms with van der Waals surface area (Å²) in [4.78, 5) is 0. The predicted molar refractivity (Wildman–Crippen MR) is 89.3 cm³/mol. The van der Waals surface area contributed by atoms with E-state index in [2.05, 4.69) is 37.0 Å². The minimum absolute atomic E-state index is 0.137. The molecule has 0 spiro atoms. The highest BCUT2D eigenvalue weighted by atomic mass is 79.9.